The largest absolute Gasteiger partial charge is 0.379 e. The number of hydrogen-bond acceptors (Lipinski definition) is 8. The fourth-order valence-electron chi connectivity index (χ4n) is 1.93. The van der Waals surface area contributed by atoms with Crippen LogP contribution in [0.3, 0.4) is 0 Å². The summed E-state index contributed by atoms with van der Waals surface area (Å²) in [7, 11) is 0. The van der Waals surface area contributed by atoms with E-state index >= 15 is 0 Å². The summed E-state index contributed by atoms with van der Waals surface area (Å²) in [6.45, 7) is 0. The molecule has 0 aromatic heterocycles. The molecule has 12 heteroatoms. The monoisotopic (exact) mass is 382 g/mol. The minimum atomic E-state index is -0.554. The van der Waals surface area contributed by atoms with E-state index in [0.717, 1.165) is 12.4 Å². The highest BCUT2D eigenvalue weighted by Crippen LogP contribution is 2.16. The lowest BCUT2D eigenvalue weighted by Crippen LogP contribution is -2.30. The summed E-state index contributed by atoms with van der Waals surface area (Å²) in [6.07, 6.45) is 2.30. The maximum Gasteiger partial charge on any atom is 0.278 e. The van der Waals surface area contributed by atoms with E-state index in [4.69, 9.17) is 11.5 Å². The molecule has 0 radical (unpaired) electrons. The van der Waals surface area contributed by atoms with Gasteiger partial charge in [0.05, 0.1) is 33.4 Å². The summed E-state index contributed by atoms with van der Waals surface area (Å²) in [6, 6.07) is 11.9. The molecule has 2 aromatic carbocycles. The minimum absolute atomic E-state index is 0.143. The van der Waals surface area contributed by atoms with Gasteiger partial charge in [0, 0.05) is 12.1 Å². The van der Waals surface area contributed by atoms with Crippen LogP contribution in [-0.4, -0.2) is 33.9 Å². The van der Waals surface area contributed by atoms with Crippen molar-refractivity contribution in [3.8, 4) is 0 Å². The Morgan fingerprint density at radius 3 is 1.46 bits per heavy atom. The number of para-hydroxylation sites is 2. The molecule has 0 fully saturated rings. The number of rotatable bonds is 6. The molecule has 0 saturated carbocycles. The number of nitrogens with two attached hydrogens (primary N) is 2. The predicted octanol–water partition coefficient (Wildman–Crippen LogP) is 1.59. The zero-order valence-electron chi connectivity index (χ0n) is 14.2. The lowest BCUT2D eigenvalue weighted by Gasteiger charge is -1.96. The zero-order chi connectivity index (χ0) is 20.5. The van der Waals surface area contributed by atoms with Crippen LogP contribution in [0.1, 0.15) is 11.1 Å². The van der Waals surface area contributed by atoms with E-state index in [1.165, 1.54) is 36.4 Å². The van der Waals surface area contributed by atoms with Crippen molar-refractivity contribution >= 4 is 35.5 Å². The van der Waals surface area contributed by atoms with Gasteiger partial charge in [-0.15, -0.1) is 10.2 Å². The van der Waals surface area contributed by atoms with Crippen LogP contribution in [-0.2, 0) is 0 Å². The van der Waals surface area contributed by atoms with Crippen LogP contribution in [0.25, 0.3) is 0 Å². The quantitative estimate of drug-likeness (QED) is 0.330. The van der Waals surface area contributed by atoms with E-state index < -0.39 is 9.85 Å². The Kier molecular flexibility index (Phi) is 6.58. The topological polar surface area (TPSA) is 188 Å². The Labute approximate surface area is 157 Å². The molecule has 0 aliphatic rings. The first-order valence-corrected chi connectivity index (χ1v) is 7.60. The lowest BCUT2D eigenvalue weighted by atomic mass is 10.2. The van der Waals surface area contributed by atoms with Crippen LogP contribution in [0.5, 0.6) is 0 Å². The Morgan fingerprint density at radius 2 is 1.11 bits per heavy atom. The number of nitro benzene ring substituents is 2. The highest BCUT2D eigenvalue weighted by Gasteiger charge is 2.10. The first-order valence-electron chi connectivity index (χ1n) is 7.60. The van der Waals surface area contributed by atoms with Gasteiger partial charge in [-0.05, 0) is 12.1 Å². The van der Waals surface area contributed by atoms with Crippen LogP contribution in [0.15, 0.2) is 68.9 Å². The first kappa shape index (κ1) is 19.8. The smallest absolute Gasteiger partial charge is 0.278 e. The number of hydrogen-bond donors (Lipinski definition) is 2. The van der Waals surface area contributed by atoms with E-state index in [2.05, 4.69) is 20.4 Å². The maximum absolute atomic E-state index is 10.9. The SMILES string of the molecule is NC(=NN=Cc1ccccc1[N+](=O)[O-])C(N)=NN=Cc1ccccc1[N+](=O)[O-]. The van der Waals surface area contributed by atoms with E-state index in [1.807, 2.05) is 0 Å². The second-order valence-electron chi connectivity index (χ2n) is 5.09. The van der Waals surface area contributed by atoms with Crippen molar-refractivity contribution in [2.45, 2.75) is 0 Å². The van der Waals surface area contributed by atoms with E-state index in [0.29, 0.717) is 0 Å². The van der Waals surface area contributed by atoms with Crippen LogP contribution >= 0.6 is 0 Å². The third-order valence-corrected chi connectivity index (χ3v) is 3.25. The Hall–Kier alpha value is -4.48. The average molecular weight is 382 g/mol. The predicted molar refractivity (Wildman–Crippen MR) is 105 cm³/mol. The van der Waals surface area contributed by atoms with Crippen LogP contribution < -0.4 is 11.5 Å². The van der Waals surface area contributed by atoms with Crippen LogP contribution in [0.4, 0.5) is 11.4 Å². The molecule has 0 heterocycles. The summed E-state index contributed by atoms with van der Waals surface area (Å²) in [5.41, 5.74) is 11.4. The molecule has 0 spiro atoms. The average Bonchev–Trinajstić information content (AvgIpc) is 2.68. The molecule has 28 heavy (non-hydrogen) atoms. The summed E-state index contributed by atoms with van der Waals surface area (Å²) in [5, 5.41) is 36.3. The highest BCUT2D eigenvalue weighted by molar-refractivity contribution is 6.39. The normalized spacial score (nSPS) is 12.6. The zero-order valence-corrected chi connectivity index (χ0v) is 14.2. The van der Waals surface area contributed by atoms with Gasteiger partial charge < -0.3 is 11.5 Å². The van der Waals surface area contributed by atoms with E-state index in [1.54, 1.807) is 12.1 Å². The molecule has 0 aliphatic heterocycles. The summed E-state index contributed by atoms with van der Waals surface area (Å²) in [4.78, 5) is 20.7. The van der Waals surface area contributed by atoms with Gasteiger partial charge >= 0.3 is 0 Å². The highest BCUT2D eigenvalue weighted by atomic mass is 16.6. The van der Waals surface area contributed by atoms with Gasteiger partial charge in [0.2, 0.25) is 0 Å². The van der Waals surface area contributed by atoms with Gasteiger partial charge in [-0.25, -0.2) is 0 Å². The molecule has 0 amide bonds. The Morgan fingerprint density at radius 1 is 0.750 bits per heavy atom. The molecule has 2 aromatic rings. The van der Waals surface area contributed by atoms with Crippen molar-refractivity contribution in [1.82, 2.24) is 0 Å². The fourth-order valence-corrected chi connectivity index (χ4v) is 1.93. The first-order chi connectivity index (χ1) is 13.4. The van der Waals surface area contributed by atoms with Crippen molar-refractivity contribution in [1.29, 1.82) is 0 Å². The summed E-state index contributed by atoms with van der Waals surface area (Å²) in [5.74, 6) is -0.566. The van der Waals surface area contributed by atoms with Gasteiger partial charge in [-0.1, -0.05) is 24.3 Å². The molecular formula is C16H14N8O4. The molecule has 142 valence electrons. The van der Waals surface area contributed by atoms with E-state index in [9.17, 15) is 20.2 Å². The van der Waals surface area contributed by atoms with Crippen molar-refractivity contribution in [3.05, 3.63) is 79.9 Å². The third-order valence-electron chi connectivity index (χ3n) is 3.25. The Bertz CT molecular complexity index is 932. The van der Waals surface area contributed by atoms with Gasteiger partial charge in [0.25, 0.3) is 11.4 Å². The van der Waals surface area contributed by atoms with Crippen molar-refractivity contribution in [2.75, 3.05) is 0 Å². The second-order valence-corrected chi connectivity index (χ2v) is 5.09. The number of nitro groups is 2. The van der Waals surface area contributed by atoms with Gasteiger partial charge in [0.15, 0.2) is 11.7 Å². The fraction of sp³-hybridized carbons (Fsp3) is 0. The van der Waals surface area contributed by atoms with Gasteiger partial charge in [0.1, 0.15) is 0 Å². The number of nitrogens with zero attached hydrogens (tertiary/aromatic N) is 6. The maximum atomic E-state index is 10.9. The van der Waals surface area contributed by atoms with Crippen molar-refractivity contribution < 1.29 is 9.85 Å². The standard InChI is InChI=1S/C16H14N8O4/c17-15(21-19-9-11-5-1-3-7-13(11)23(25)26)16(18)22-20-10-12-6-2-4-8-14(12)24(27)28/h1-10H,(H2,17,21)(H2,18,22). The molecule has 0 unspecified atom stereocenters. The molecule has 12 nitrogen and oxygen atoms in total. The number of benzene rings is 2. The molecule has 2 rings (SSSR count). The number of amidine groups is 2. The van der Waals surface area contributed by atoms with Crippen LogP contribution in [0.2, 0.25) is 0 Å². The molecule has 0 saturated heterocycles. The second kappa shape index (κ2) is 9.28. The van der Waals surface area contributed by atoms with E-state index in [-0.39, 0.29) is 34.2 Å². The van der Waals surface area contributed by atoms with Gasteiger partial charge in [-0.2, -0.15) is 10.2 Å². The molecule has 0 atom stereocenters. The minimum Gasteiger partial charge on any atom is -0.379 e. The summed E-state index contributed by atoms with van der Waals surface area (Å²) >= 11 is 0. The lowest BCUT2D eigenvalue weighted by molar-refractivity contribution is -0.385. The third kappa shape index (κ3) is 5.26. The van der Waals surface area contributed by atoms with Crippen molar-refractivity contribution in [2.24, 2.45) is 31.9 Å². The summed E-state index contributed by atoms with van der Waals surface area (Å²) < 4.78 is 0. The molecular weight excluding hydrogens is 368 g/mol. The molecule has 0 aliphatic carbocycles. The molecule has 0 bridgehead atoms. The molecule has 4 N–H and O–H groups in total. The van der Waals surface area contributed by atoms with Crippen molar-refractivity contribution in [3.63, 3.8) is 0 Å². The Balaban J connectivity index is 2.13. The van der Waals surface area contributed by atoms with Crippen LogP contribution in [0, 0.1) is 20.2 Å². The van der Waals surface area contributed by atoms with Gasteiger partial charge in [-0.3, -0.25) is 20.2 Å².